The summed E-state index contributed by atoms with van der Waals surface area (Å²) >= 11 is 3.16. The van der Waals surface area contributed by atoms with Gasteiger partial charge in [-0.25, -0.2) is 4.68 Å². The van der Waals surface area contributed by atoms with E-state index in [4.69, 9.17) is 0 Å². The van der Waals surface area contributed by atoms with E-state index in [9.17, 15) is 9.90 Å². The first-order chi connectivity index (χ1) is 6.59. The van der Waals surface area contributed by atoms with Crippen LogP contribution < -0.4 is 5.56 Å². The number of hydrogen-bond donors (Lipinski definition) is 1. The van der Waals surface area contributed by atoms with E-state index in [1.54, 1.807) is 19.3 Å². The van der Waals surface area contributed by atoms with Crippen LogP contribution in [0.25, 0.3) is 10.8 Å². The number of halogens is 1. The topological polar surface area (TPSA) is 55.1 Å². The maximum Gasteiger partial charge on any atom is 0.274 e. The van der Waals surface area contributed by atoms with Crippen LogP contribution in [-0.4, -0.2) is 14.9 Å². The van der Waals surface area contributed by atoms with Gasteiger partial charge in [0.1, 0.15) is 5.75 Å². The Hall–Kier alpha value is -1.36. The molecule has 0 amide bonds. The molecule has 72 valence electrons. The van der Waals surface area contributed by atoms with Crippen molar-refractivity contribution in [2.45, 2.75) is 0 Å². The van der Waals surface area contributed by atoms with Crippen molar-refractivity contribution in [1.82, 2.24) is 9.78 Å². The van der Waals surface area contributed by atoms with Gasteiger partial charge in [-0.2, -0.15) is 5.10 Å². The van der Waals surface area contributed by atoms with Gasteiger partial charge in [0.2, 0.25) is 0 Å². The second-order valence-electron chi connectivity index (χ2n) is 2.96. The van der Waals surface area contributed by atoms with Gasteiger partial charge in [0.05, 0.1) is 16.1 Å². The smallest absolute Gasteiger partial charge is 0.274 e. The standard InChI is InChI=1S/C9H7BrN2O2/c1-12-9(14)6-3-7(10)8(13)2-5(6)4-11-12/h2-4,13H,1H3. The van der Waals surface area contributed by atoms with Gasteiger partial charge in [-0.15, -0.1) is 0 Å². The second kappa shape index (κ2) is 3.09. The minimum absolute atomic E-state index is 0.104. The van der Waals surface area contributed by atoms with Crippen LogP contribution in [0.4, 0.5) is 0 Å². The van der Waals surface area contributed by atoms with Crippen LogP contribution in [-0.2, 0) is 7.05 Å². The van der Waals surface area contributed by atoms with E-state index in [-0.39, 0.29) is 11.3 Å². The first-order valence-electron chi connectivity index (χ1n) is 3.94. The third-order valence-corrected chi connectivity index (χ3v) is 2.65. The highest BCUT2D eigenvalue weighted by Gasteiger charge is 2.05. The van der Waals surface area contributed by atoms with E-state index >= 15 is 0 Å². The van der Waals surface area contributed by atoms with Crippen LogP contribution in [0.5, 0.6) is 5.75 Å². The summed E-state index contributed by atoms with van der Waals surface area (Å²) in [6.07, 6.45) is 1.54. The Morgan fingerprint density at radius 1 is 1.50 bits per heavy atom. The van der Waals surface area contributed by atoms with Gasteiger partial charge >= 0.3 is 0 Å². The predicted molar refractivity (Wildman–Crippen MR) is 56.3 cm³/mol. The number of phenolic OH excluding ortho intramolecular Hbond substituents is 1. The molecule has 0 aliphatic carbocycles. The predicted octanol–water partition coefficient (Wildman–Crippen LogP) is 1.40. The molecule has 1 aromatic carbocycles. The van der Waals surface area contributed by atoms with Crippen LogP contribution >= 0.6 is 15.9 Å². The molecule has 1 heterocycles. The van der Waals surface area contributed by atoms with E-state index in [2.05, 4.69) is 21.0 Å². The Bertz CT molecular complexity index is 562. The summed E-state index contributed by atoms with van der Waals surface area (Å²) in [5.41, 5.74) is -0.178. The molecule has 0 fully saturated rings. The second-order valence-corrected chi connectivity index (χ2v) is 3.82. The van der Waals surface area contributed by atoms with Crippen LogP contribution in [0.1, 0.15) is 0 Å². The van der Waals surface area contributed by atoms with Crippen molar-refractivity contribution >= 4 is 26.7 Å². The fraction of sp³-hybridized carbons (Fsp3) is 0.111. The van der Waals surface area contributed by atoms with Crippen molar-refractivity contribution in [3.63, 3.8) is 0 Å². The van der Waals surface area contributed by atoms with Gasteiger partial charge in [-0.1, -0.05) is 0 Å². The van der Waals surface area contributed by atoms with Crippen LogP contribution in [0.2, 0.25) is 0 Å². The zero-order chi connectivity index (χ0) is 10.3. The highest BCUT2D eigenvalue weighted by atomic mass is 79.9. The van der Waals surface area contributed by atoms with E-state index in [1.165, 1.54) is 10.7 Å². The lowest BCUT2D eigenvalue weighted by atomic mass is 10.2. The molecule has 2 aromatic rings. The number of phenols is 1. The fourth-order valence-electron chi connectivity index (χ4n) is 1.25. The molecule has 0 aliphatic heterocycles. The molecule has 4 nitrogen and oxygen atoms in total. The average Bonchev–Trinajstić information content (AvgIpc) is 2.15. The maximum absolute atomic E-state index is 11.6. The van der Waals surface area contributed by atoms with Crippen molar-refractivity contribution in [1.29, 1.82) is 0 Å². The maximum atomic E-state index is 11.6. The quantitative estimate of drug-likeness (QED) is 0.774. The van der Waals surface area contributed by atoms with Crippen LogP contribution in [0.3, 0.4) is 0 Å². The molecule has 2 rings (SSSR count). The van der Waals surface area contributed by atoms with Gasteiger partial charge in [0.25, 0.3) is 5.56 Å². The molecule has 0 atom stereocenters. The fourth-order valence-corrected chi connectivity index (χ4v) is 1.59. The zero-order valence-electron chi connectivity index (χ0n) is 7.36. The highest BCUT2D eigenvalue weighted by Crippen LogP contribution is 2.27. The van der Waals surface area contributed by atoms with Crippen molar-refractivity contribution in [2.75, 3.05) is 0 Å². The van der Waals surface area contributed by atoms with Crippen molar-refractivity contribution in [3.8, 4) is 5.75 Å². The monoisotopic (exact) mass is 254 g/mol. The number of aryl methyl sites for hydroxylation is 1. The summed E-state index contributed by atoms with van der Waals surface area (Å²) < 4.78 is 1.76. The summed E-state index contributed by atoms with van der Waals surface area (Å²) in [5.74, 6) is 0.104. The summed E-state index contributed by atoms with van der Waals surface area (Å²) in [4.78, 5) is 11.6. The van der Waals surface area contributed by atoms with Gasteiger partial charge in [0, 0.05) is 12.4 Å². The minimum Gasteiger partial charge on any atom is -0.507 e. The lowest BCUT2D eigenvalue weighted by Crippen LogP contribution is -2.18. The highest BCUT2D eigenvalue weighted by molar-refractivity contribution is 9.10. The summed E-state index contributed by atoms with van der Waals surface area (Å²) in [7, 11) is 1.59. The SMILES string of the molecule is Cn1ncc2cc(O)c(Br)cc2c1=O. The molecule has 14 heavy (non-hydrogen) atoms. The Kier molecular flexibility index (Phi) is 2.03. The molecule has 5 heteroatoms. The lowest BCUT2D eigenvalue weighted by Gasteiger charge is -2.02. The Balaban J connectivity index is 2.97. The Morgan fingerprint density at radius 3 is 2.93 bits per heavy atom. The first kappa shape index (κ1) is 9.21. The molecule has 0 radical (unpaired) electrons. The zero-order valence-corrected chi connectivity index (χ0v) is 8.95. The van der Waals surface area contributed by atoms with Crippen LogP contribution in [0, 0.1) is 0 Å². The molecule has 0 saturated heterocycles. The molecule has 0 saturated carbocycles. The Labute approximate surface area is 87.9 Å². The van der Waals surface area contributed by atoms with Gasteiger partial charge in [-0.05, 0) is 28.1 Å². The first-order valence-corrected chi connectivity index (χ1v) is 4.73. The average molecular weight is 255 g/mol. The van der Waals surface area contributed by atoms with Gasteiger partial charge in [-0.3, -0.25) is 4.79 Å². The van der Waals surface area contributed by atoms with Gasteiger partial charge in [0.15, 0.2) is 0 Å². The van der Waals surface area contributed by atoms with Gasteiger partial charge < -0.3 is 5.11 Å². The molecule has 0 bridgehead atoms. The van der Waals surface area contributed by atoms with Crippen LogP contribution in [0.15, 0.2) is 27.6 Å². The van der Waals surface area contributed by atoms with Crippen molar-refractivity contribution in [2.24, 2.45) is 7.05 Å². The number of aromatic hydroxyl groups is 1. The summed E-state index contributed by atoms with van der Waals surface area (Å²) in [6.45, 7) is 0. The largest absolute Gasteiger partial charge is 0.507 e. The number of benzene rings is 1. The molecule has 0 unspecified atom stereocenters. The molecule has 1 aromatic heterocycles. The molecule has 1 N–H and O–H groups in total. The van der Waals surface area contributed by atoms with Crippen molar-refractivity contribution < 1.29 is 5.11 Å². The third-order valence-electron chi connectivity index (χ3n) is 2.01. The molecular formula is C9H7BrN2O2. The number of rotatable bonds is 0. The van der Waals surface area contributed by atoms with E-state index in [1.807, 2.05) is 0 Å². The number of hydrogen-bond acceptors (Lipinski definition) is 3. The summed E-state index contributed by atoms with van der Waals surface area (Å²) in [6, 6.07) is 3.10. The lowest BCUT2D eigenvalue weighted by molar-refractivity contribution is 0.472. The minimum atomic E-state index is -0.178. The third kappa shape index (κ3) is 1.29. The molecule has 0 aliphatic rings. The van der Waals surface area contributed by atoms with E-state index < -0.39 is 0 Å². The molecular weight excluding hydrogens is 248 g/mol. The molecule has 0 spiro atoms. The summed E-state index contributed by atoms with van der Waals surface area (Å²) in [5, 5.41) is 14.4. The van der Waals surface area contributed by atoms with E-state index in [0.29, 0.717) is 15.2 Å². The normalized spacial score (nSPS) is 10.7. The Morgan fingerprint density at radius 2 is 2.21 bits per heavy atom. The number of fused-ring (bicyclic) bond motifs is 1. The number of nitrogens with zero attached hydrogens (tertiary/aromatic N) is 2. The van der Waals surface area contributed by atoms with Crippen molar-refractivity contribution in [3.05, 3.63) is 33.2 Å². The number of aromatic nitrogens is 2. The van der Waals surface area contributed by atoms with E-state index in [0.717, 1.165) is 0 Å².